The van der Waals surface area contributed by atoms with E-state index in [1.54, 1.807) is 0 Å². The summed E-state index contributed by atoms with van der Waals surface area (Å²) in [5, 5.41) is 1.36. The highest BCUT2D eigenvalue weighted by Crippen LogP contribution is 2.59. The summed E-state index contributed by atoms with van der Waals surface area (Å²) >= 11 is 1.92. The van der Waals surface area contributed by atoms with Crippen LogP contribution in [-0.2, 0) is 9.31 Å². The van der Waals surface area contributed by atoms with Crippen molar-refractivity contribution >= 4 is 28.5 Å². The summed E-state index contributed by atoms with van der Waals surface area (Å²) in [5.74, 6) is 1.12. The second-order valence-electron chi connectivity index (χ2n) is 7.32. The molecule has 21 heavy (non-hydrogen) atoms. The van der Waals surface area contributed by atoms with Gasteiger partial charge >= 0.3 is 7.12 Å². The second-order valence-corrected chi connectivity index (χ2v) is 8.43. The Balaban J connectivity index is 1.54. The van der Waals surface area contributed by atoms with E-state index in [9.17, 15) is 0 Å². The fourth-order valence-electron chi connectivity index (χ4n) is 3.09. The summed E-state index contributed by atoms with van der Waals surface area (Å²) in [6.45, 7) is 8.52. The van der Waals surface area contributed by atoms with E-state index in [2.05, 4.69) is 58.0 Å². The van der Waals surface area contributed by atoms with Crippen molar-refractivity contribution < 1.29 is 9.31 Å². The van der Waals surface area contributed by atoms with E-state index in [0.717, 1.165) is 0 Å². The summed E-state index contributed by atoms with van der Waals surface area (Å²) in [5.41, 5.74) is -0.435. The molecule has 110 valence electrons. The van der Waals surface area contributed by atoms with Crippen LogP contribution in [0.15, 0.2) is 30.3 Å². The monoisotopic (exact) mass is 300 g/mol. The van der Waals surface area contributed by atoms with E-state index < -0.39 is 0 Å². The lowest BCUT2D eigenvalue weighted by Crippen LogP contribution is -2.41. The normalized spacial score (nSPS) is 30.0. The molecule has 2 fully saturated rings. The summed E-state index contributed by atoms with van der Waals surface area (Å²) in [7, 11) is -0.0507. The van der Waals surface area contributed by atoms with Crippen LogP contribution in [-0.4, -0.2) is 18.3 Å². The molecular formula is C17H21BO2S. The van der Waals surface area contributed by atoms with Gasteiger partial charge in [0.05, 0.1) is 11.2 Å². The Bertz CT molecular complexity index is 642. The largest absolute Gasteiger partial charge is 0.461 e. The third kappa shape index (κ3) is 2.16. The minimum atomic E-state index is -0.217. The molecule has 0 N–H and O–H groups in total. The first-order valence-electron chi connectivity index (χ1n) is 7.71. The van der Waals surface area contributed by atoms with Crippen LogP contribution in [0.2, 0.25) is 5.82 Å². The third-order valence-corrected chi connectivity index (χ3v) is 6.52. The van der Waals surface area contributed by atoms with Gasteiger partial charge in [0, 0.05) is 15.4 Å². The zero-order valence-corrected chi connectivity index (χ0v) is 13.9. The van der Waals surface area contributed by atoms with Crippen LogP contribution in [0.1, 0.15) is 44.9 Å². The van der Waals surface area contributed by atoms with E-state index in [1.165, 1.54) is 21.4 Å². The molecule has 2 atom stereocenters. The predicted octanol–water partition coefficient (Wildman–Crippen LogP) is 4.85. The second kappa shape index (κ2) is 4.34. The average molecular weight is 300 g/mol. The lowest BCUT2D eigenvalue weighted by molar-refractivity contribution is 0.00578. The van der Waals surface area contributed by atoms with Gasteiger partial charge in [0.2, 0.25) is 0 Å². The molecule has 2 nitrogen and oxygen atoms in total. The molecule has 1 saturated carbocycles. The molecule has 2 heterocycles. The van der Waals surface area contributed by atoms with Crippen molar-refractivity contribution in [3.63, 3.8) is 0 Å². The smallest absolute Gasteiger partial charge is 0.403 e. The van der Waals surface area contributed by atoms with Gasteiger partial charge in [-0.2, -0.15) is 0 Å². The molecule has 2 aliphatic rings. The molecule has 1 saturated heterocycles. The van der Waals surface area contributed by atoms with Crippen LogP contribution in [0.25, 0.3) is 10.1 Å². The Morgan fingerprint density at radius 2 is 1.76 bits per heavy atom. The Labute approximate surface area is 130 Å². The van der Waals surface area contributed by atoms with Gasteiger partial charge in [0.15, 0.2) is 0 Å². The van der Waals surface area contributed by atoms with E-state index in [1.807, 2.05) is 11.3 Å². The molecule has 0 amide bonds. The van der Waals surface area contributed by atoms with Crippen molar-refractivity contribution in [1.29, 1.82) is 0 Å². The number of benzene rings is 1. The topological polar surface area (TPSA) is 18.5 Å². The summed E-state index contributed by atoms with van der Waals surface area (Å²) < 4.78 is 13.8. The number of hydrogen-bond donors (Lipinski definition) is 0. The summed E-state index contributed by atoms with van der Waals surface area (Å²) in [6.07, 6.45) is 1.18. The molecule has 2 unspecified atom stereocenters. The molecule has 0 radical (unpaired) electrons. The number of fused-ring (bicyclic) bond motifs is 1. The maximum Gasteiger partial charge on any atom is 0.461 e. The Hall–Kier alpha value is -0.835. The Morgan fingerprint density at radius 1 is 1.10 bits per heavy atom. The maximum absolute atomic E-state index is 6.20. The van der Waals surface area contributed by atoms with Crippen LogP contribution in [0.3, 0.4) is 0 Å². The first kappa shape index (κ1) is 13.8. The van der Waals surface area contributed by atoms with Gasteiger partial charge in [0.25, 0.3) is 0 Å². The highest BCUT2D eigenvalue weighted by molar-refractivity contribution is 7.19. The van der Waals surface area contributed by atoms with Crippen molar-refractivity contribution in [1.82, 2.24) is 0 Å². The van der Waals surface area contributed by atoms with Crippen LogP contribution >= 0.6 is 11.3 Å². The average Bonchev–Trinajstić information content (AvgIpc) is 3.03. The van der Waals surface area contributed by atoms with Crippen LogP contribution in [0, 0.1) is 0 Å². The standard InChI is InChI=1S/C17H21BO2S/c1-16(2)17(3,4)20-18(19-16)13-10-12(13)15-9-11-7-5-6-8-14(11)21-15/h5-9,12-13H,10H2,1-4H3. The molecule has 1 aromatic heterocycles. The van der Waals surface area contributed by atoms with Crippen molar-refractivity contribution in [3.8, 4) is 0 Å². The van der Waals surface area contributed by atoms with Gasteiger partial charge in [-0.05, 0) is 57.6 Å². The number of thiophene rings is 1. The van der Waals surface area contributed by atoms with Gasteiger partial charge < -0.3 is 9.31 Å². The molecule has 1 aliphatic heterocycles. The molecule has 2 aromatic rings. The highest BCUT2D eigenvalue weighted by atomic mass is 32.1. The predicted molar refractivity (Wildman–Crippen MR) is 89.0 cm³/mol. The molecule has 1 aliphatic carbocycles. The van der Waals surface area contributed by atoms with Crippen LogP contribution in [0.5, 0.6) is 0 Å². The number of hydrogen-bond acceptors (Lipinski definition) is 3. The Morgan fingerprint density at radius 3 is 2.43 bits per heavy atom. The first-order valence-corrected chi connectivity index (χ1v) is 8.53. The van der Waals surface area contributed by atoms with Gasteiger partial charge in [-0.25, -0.2) is 0 Å². The minimum absolute atomic E-state index is 0.0507. The summed E-state index contributed by atoms with van der Waals surface area (Å²) in [4.78, 5) is 1.48. The van der Waals surface area contributed by atoms with E-state index in [0.29, 0.717) is 11.7 Å². The fraction of sp³-hybridized carbons (Fsp3) is 0.529. The van der Waals surface area contributed by atoms with Gasteiger partial charge in [-0.1, -0.05) is 18.2 Å². The molecule has 4 rings (SSSR count). The molecule has 4 heteroatoms. The quantitative estimate of drug-likeness (QED) is 0.738. The third-order valence-electron chi connectivity index (χ3n) is 5.27. The van der Waals surface area contributed by atoms with Crippen molar-refractivity contribution in [2.45, 2.75) is 57.1 Å². The first-order chi connectivity index (χ1) is 9.87. The maximum atomic E-state index is 6.20. The van der Waals surface area contributed by atoms with Crippen molar-refractivity contribution in [3.05, 3.63) is 35.2 Å². The lowest BCUT2D eigenvalue weighted by atomic mass is 9.80. The SMILES string of the molecule is CC1(C)OB(C2CC2c2cc3ccccc3s2)OC1(C)C. The van der Waals surface area contributed by atoms with E-state index in [-0.39, 0.29) is 18.3 Å². The molecule has 1 aromatic carbocycles. The van der Waals surface area contributed by atoms with Gasteiger partial charge in [-0.15, -0.1) is 11.3 Å². The lowest BCUT2D eigenvalue weighted by Gasteiger charge is -2.32. The van der Waals surface area contributed by atoms with Gasteiger partial charge in [-0.3, -0.25) is 0 Å². The zero-order valence-electron chi connectivity index (χ0n) is 13.1. The van der Waals surface area contributed by atoms with Crippen molar-refractivity contribution in [2.75, 3.05) is 0 Å². The fourth-order valence-corrected chi connectivity index (χ4v) is 4.34. The Kier molecular flexibility index (Phi) is 2.85. The number of rotatable bonds is 2. The highest BCUT2D eigenvalue weighted by Gasteiger charge is 2.60. The summed E-state index contributed by atoms with van der Waals surface area (Å²) in [6, 6.07) is 11.0. The van der Waals surface area contributed by atoms with E-state index >= 15 is 0 Å². The zero-order chi connectivity index (χ0) is 14.8. The van der Waals surface area contributed by atoms with Crippen LogP contribution < -0.4 is 0 Å². The van der Waals surface area contributed by atoms with E-state index in [4.69, 9.17) is 9.31 Å². The minimum Gasteiger partial charge on any atom is -0.403 e. The van der Waals surface area contributed by atoms with Crippen LogP contribution in [0.4, 0.5) is 0 Å². The van der Waals surface area contributed by atoms with Gasteiger partial charge in [0.1, 0.15) is 0 Å². The molecular weight excluding hydrogens is 279 g/mol. The molecule has 0 spiro atoms. The molecule has 0 bridgehead atoms. The van der Waals surface area contributed by atoms with Crippen molar-refractivity contribution in [2.24, 2.45) is 0 Å².